The Hall–Kier alpha value is -1.66. The van der Waals surface area contributed by atoms with Crippen LogP contribution in [0.2, 0.25) is 0 Å². The number of benzene rings is 1. The minimum Gasteiger partial charge on any atom is -0.462 e. The molecule has 0 bridgehead atoms. The van der Waals surface area contributed by atoms with Crippen molar-refractivity contribution in [1.82, 2.24) is 9.78 Å². The van der Waals surface area contributed by atoms with E-state index in [-0.39, 0.29) is 18.6 Å². The summed E-state index contributed by atoms with van der Waals surface area (Å²) >= 11 is 3.47. The number of carbonyl (C=O) groups excluding carboxylic acids is 1. The van der Waals surface area contributed by atoms with Gasteiger partial charge in [0.25, 0.3) is 0 Å². The third kappa shape index (κ3) is 4.20. The van der Waals surface area contributed by atoms with Crippen LogP contribution in [-0.4, -0.2) is 34.1 Å². The van der Waals surface area contributed by atoms with Gasteiger partial charge in [0.15, 0.2) is 0 Å². The van der Waals surface area contributed by atoms with Gasteiger partial charge in [0.05, 0.1) is 18.3 Å². The predicted molar refractivity (Wildman–Crippen MR) is 91.5 cm³/mol. The van der Waals surface area contributed by atoms with Gasteiger partial charge in [-0.05, 0) is 41.8 Å². The second-order valence-corrected chi connectivity index (χ2v) is 6.05. The average Bonchev–Trinajstić information content (AvgIpc) is 2.85. The Bertz CT molecular complexity index is 655. The van der Waals surface area contributed by atoms with Gasteiger partial charge in [0.2, 0.25) is 0 Å². The highest BCUT2D eigenvalue weighted by molar-refractivity contribution is 9.10. The van der Waals surface area contributed by atoms with E-state index in [4.69, 9.17) is 9.84 Å². The van der Waals surface area contributed by atoms with Gasteiger partial charge >= 0.3 is 5.97 Å². The largest absolute Gasteiger partial charge is 0.462 e. The smallest absolute Gasteiger partial charge is 0.342 e. The molecule has 0 fully saturated rings. The van der Waals surface area contributed by atoms with E-state index in [1.807, 2.05) is 37.3 Å². The molecule has 1 heterocycles. The van der Waals surface area contributed by atoms with Crippen molar-refractivity contribution in [3.8, 4) is 0 Å². The van der Waals surface area contributed by atoms with E-state index < -0.39 is 0 Å². The lowest BCUT2D eigenvalue weighted by atomic mass is 10.1. The van der Waals surface area contributed by atoms with Gasteiger partial charge in [-0.2, -0.15) is 5.10 Å². The van der Waals surface area contributed by atoms with Gasteiger partial charge in [-0.3, -0.25) is 4.68 Å². The Kier molecular flexibility index (Phi) is 6.36. The van der Waals surface area contributed by atoms with E-state index in [0.29, 0.717) is 35.3 Å². The van der Waals surface area contributed by atoms with Crippen molar-refractivity contribution in [2.75, 3.05) is 13.2 Å². The summed E-state index contributed by atoms with van der Waals surface area (Å²) in [5.41, 5.74) is 2.21. The van der Waals surface area contributed by atoms with Crippen LogP contribution < -0.4 is 0 Å². The fourth-order valence-electron chi connectivity index (χ4n) is 2.38. The average molecular weight is 381 g/mol. The minimum absolute atomic E-state index is 0.0212. The number of hydrogen-bond donors (Lipinski definition) is 1. The molecule has 0 aliphatic carbocycles. The first-order chi connectivity index (χ1) is 11.1. The lowest BCUT2D eigenvalue weighted by Gasteiger charge is -2.11. The van der Waals surface area contributed by atoms with E-state index in [2.05, 4.69) is 21.0 Å². The molecule has 5 nitrogen and oxygen atoms in total. The molecule has 1 aromatic heterocycles. The SMILES string of the molecule is CCOC(=O)c1c(Cc2ccccc2)nn(C(C)CCO)c1Br. The van der Waals surface area contributed by atoms with E-state index >= 15 is 0 Å². The number of esters is 1. The summed E-state index contributed by atoms with van der Waals surface area (Å²) in [6, 6.07) is 9.85. The molecule has 1 unspecified atom stereocenters. The first kappa shape index (κ1) is 17.7. The molecule has 0 saturated heterocycles. The van der Waals surface area contributed by atoms with Crippen LogP contribution >= 0.6 is 15.9 Å². The van der Waals surface area contributed by atoms with Crippen molar-refractivity contribution < 1.29 is 14.6 Å². The maximum atomic E-state index is 12.3. The van der Waals surface area contributed by atoms with E-state index in [1.165, 1.54) is 0 Å². The van der Waals surface area contributed by atoms with Gasteiger partial charge in [-0.25, -0.2) is 4.79 Å². The normalized spacial score (nSPS) is 12.2. The summed E-state index contributed by atoms with van der Waals surface area (Å²) in [5.74, 6) is -0.382. The molecule has 2 rings (SSSR count). The fraction of sp³-hybridized carbons (Fsp3) is 0.412. The van der Waals surface area contributed by atoms with Crippen LogP contribution in [0.5, 0.6) is 0 Å². The molecule has 0 saturated carbocycles. The van der Waals surface area contributed by atoms with Crippen molar-refractivity contribution in [2.45, 2.75) is 32.7 Å². The number of aromatic nitrogens is 2. The van der Waals surface area contributed by atoms with Crippen LogP contribution in [0.1, 0.15) is 47.9 Å². The Labute approximate surface area is 144 Å². The summed E-state index contributed by atoms with van der Waals surface area (Å²) < 4.78 is 7.51. The molecule has 6 heteroatoms. The predicted octanol–water partition coefficient (Wildman–Crippen LogP) is 3.36. The van der Waals surface area contributed by atoms with Crippen LogP contribution in [0.25, 0.3) is 0 Å². The van der Waals surface area contributed by atoms with Crippen LogP contribution in [0.15, 0.2) is 34.9 Å². The van der Waals surface area contributed by atoms with E-state index in [0.717, 1.165) is 5.56 Å². The quantitative estimate of drug-likeness (QED) is 0.747. The Balaban J connectivity index is 2.41. The third-order valence-electron chi connectivity index (χ3n) is 3.58. The number of carbonyl (C=O) groups is 1. The molecular weight excluding hydrogens is 360 g/mol. The first-order valence-electron chi connectivity index (χ1n) is 7.67. The molecule has 0 spiro atoms. The zero-order valence-electron chi connectivity index (χ0n) is 13.3. The van der Waals surface area contributed by atoms with Gasteiger partial charge in [0.1, 0.15) is 10.2 Å². The van der Waals surface area contributed by atoms with Crippen LogP contribution in [0.3, 0.4) is 0 Å². The summed E-state index contributed by atoms with van der Waals surface area (Å²) in [5, 5.41) is 13.7. The molecule has 1 N–H and O–H groups in total. The molecule has 0 aliphatic rings. The van der Waals surface area contributed by atoms with Crippen molar-refractivity contribution in [3.63, 3.8) is 0 Å². The third-order valence-corrected chi connectivity index (χ3v) is 4.34. The molecule has 0 aliphatic heterocycles. The molecule has 2 aromatic rings. The van der Waals surface area contributed by atoms with Gasteiger partial charge in [-0.1, -0.05) is 30.3 Å². The Morgan fingerprint density at radius 3 is 2.70 bits per heavy atom. The monoisotopic (exact) mass is 380 g/mol. The number of rotatable bonds is 7. The number of ether oxygens (including phenoxy) is 1. The zero-order chi connectivity index (χ0) is 16.8. The summed E-state index contributed by atoms with van der Waals surface area (Å²) in [6.45, 7) is 4.11. The van der Waals surface area contributed by atoms with Crippen molar-refractivity contribution in [1.29, 1.82) is 0 Å². The van der Waals surface area contributed by atoms with Gasteiger partial charge < -0.3 is 9.84 Å². The number of halogens is 1. The van der Waals surface area contributed by atoms with Crippen LogP contribution in [0, 0.1) is 0 Å². The summed E-state index contributed by atoms with van der Waals surface area (Å²) in [6.07, 6.45) is 1.11. The summed E-state index contributed by atoms with van der Waals surface area (Å²) in [7, 11) is 0. The Morgan fingerprint density at radius 2 is 2.09 bits per heavy atom. The topological polar surface area (TPSA) is 64.3 Å². The maximum absolute atomic E-state index is 12.3. The highest BCUT2D eigenvalue weighted by Crippen LogP contribution is 2.27. The molecule has 0 amide bonds. The number of nitrogens with zero attached hydrogens (tertiary/aromatic N) is 2. The van der Waals surface area contributed by atoms with Crippen LogP contribution in [-0.2, 0) is 11.2 Å². The van der Waals surface area contributed by atoms with Gasteiger partial charge in [0, 0.05) is 13.0 Å². The van der Waals surface area contributed by atoms with E-state index in [9.17, 15) is 4.79 Å². The van der Waals surface area contributed by atoms with Crippen molar-refractivity contribution in [3.05, 3.63) is 51.8 Å². The standard InChI is InChI=1S/C17H21BrN2O3/c1-3-23-17(22)15-14(11-13-7-5-4-6-8-13)19-20(16(15)18)12(2)9-10-21/h4-8,12,21H,3,9-11H2,1-2H3. The molecule has 1 atom stereocenters. The highest BCUT2D eigenvalue weighted by atomic mass is 79.9. The number of hydrogen-bond acceptors (Lipinski definition) is 4. The maximum Gasteiger partial charge on any atom is 0.342 e. The Morgan fingerprint density at radius 1 is 1.39 bits per heavy atom. The fourth-order valence-corrected chi connectivity index (χ4v) is 3.20. The second kappa shape index (κ2) is 8.26. The number of aliphatic hydroxyl groups excluding tert-OH is 1. The molecule has 23 heavy (non-hydrogen) atoms. The van der Waals surface area contributed by atoms with Crippen LogP contribution in [0.4, 0.5) is 0 Å². The zero-order valence-corrected chi connectivity index (χ0v) is 14.9. The number of aliphatic hydroxyl groups is 1. The van der Waals surface area contributed by atoms with Gasteiger partial charge in [-0.15, -0.1) is 0 Å². The molecule has 0 radical (unpaired) electrons. The van der Waals surface area contributed by atoms with E-state index in [1.54, 1.807) is 11.6 Å². The first-order valence-corrected chi connectivity index (χ1v) is 8.46. The highest BCUT2D eigenvalue weighted by Gasteiger charge is 2.25. The molecule has 124 valence electrons. The lowest BCUT2D eigenvalue weighted by Crippen LogP contribution is -2.10. The second-order valence-electron chi connectivity index (χ2n) is 5.30. The summed E-state index contributed by atoms with van der Waals surface area (Å²) in [4.78, 5) is 12.3. The minimum atomic E-state index is -0.382. The molecule has 1 aromatic carbocycles. The van der Waals surface area contributed by atoms with Crippen molar-refractivity contribution >= 4 is 21.9 Å². The lowest BCUT2D eigenvalue weighted by molar-refractivity contribution is 0.0524. The van der Waals surface area contributed by atoms with Crippen molar-refractivity contribution in [2.24, 2.45) is 0 Å². The molecular formula is C17H21BrN2O3.